The number of carboxylic acid groups (broad SMARTS) is 1. The maximum Gasteiger partial charge on any atom is 0.358 e. The van der Waals surface area contributed by atoms with Crippen molar-refractivity contribution in [1.82, 2.24) is 15.0 Å². The standard InChI is InChI=1S/C10H10BrN3O3/c1-5(2)14-9(6-3-4-7(11)17-6)8(10(15)16)12-13-14/h3-5H,1-2H3,(H,15,16). The van der Waals surface area contributed by atoms with Crippen molar-refractivity contribution in [2.75, 3.05) is 0 Å². The number of aromatic carboxylic acids is 1. The predicted octanol–water partition coefficient (Wildman–Crippen LogP) is 2.58. The number of hydrogen-bond acceptors (Lipinski definition) is 4. The molecule has 2 heterocycles. The lowest BCUT2D eigenvalue weighted by Gasteiger charge is -2.07. The number of aromatic nitrogens is 3. The predicted molar refractivity (Wildman–Crippen MR) is 62.8 cm³/mol. The van der Waals surface area contributed by atoms with E-state index in [2.05, 4.69) is 26.2 Å². The van der Waals surface area contributed by atoms with Crippen LogP contribution in [-0.4, -0.2) is 26.1 Å². The maximum atomic E-state index is 11.1. The molecule has 90 valence electrons. The number of carbonyl (C=O) groups is 1. The van der Waals surface area contributed by atoms with Crippen LogP contribution in [0.2, 0.25) is 0 Å². The SMILES string of the molecule is CC(C)n1nnc(C(=O)O)c1-c1ccc(Br)o1. The van der Waals surface area contributed by atoms with Crippen LogP contribution in [0.25, 0.3) is 11.5 Å². The van der Waals surface area contributed by atoms with Gasteiger partial charge in [0.05, 0.1) is 0 Å². The summed E-state index contributed by atoms with van der Waals surface area (Å²) in [7, 11) is 0. The van der Waals surface area contributed by atoms with Gasteiger partial charge in [-0.2, -0.15) is 0 Å². The molecule has 2 aromatic rings. The average Bonchev–Trinajstić information content (AvgIpc) is 2.81. The lowest BCUT2D eigenvalue weighted by molar-refractivity contribution is 0.0691. The Kier molecular flexibility index (Phi) is 3.01. The smallest absolute Gasteiger partial charge is 0.358 e. The normalized spacial score (nSPS) is 11.1. The fraction of sp³-hybridized carbons (Fsp3) is 0.300. The number of furan rings is 1. The van der Waals surface area contributed by atoms with Crippen molar-refractivity contribution in [3.05, 3.63) is 22.5 Å². The van der Waals surface area contributed by atoms with E-state index >= 15 is 0 Å². The quantitative estimate of drug-likeness (QED) is 0.942. The number of rotatable bonds is 3. The van der Waals surface area contributed by atoms with E-state index in [1.165, 1.54) is 4.68 Å². The van der Waals surface area contributed by atoms with E-state index in [1.54, 1.807) is 12.1 Å². The molecule has 0 amide bonds. The number of halogens is 1. The Bertz CT molecular complexity index is 559. The van der Waals surface area contributed by atoms with E-state index in [9.17, 15) is 4.79 Å². The summed E-state index contributed by atoms with van der Waals surface area (Å²) in [6.45, 7) is 3.78. The van der Waals surface area contributed by atoms with Crippen LogP contribution in [0.5, 0.6) is 0 Å². The van der Waals surface area contributed by atoms with Gasteiger partial charge in [0.25, 0.3) is 0 Å². The molecule has 7 heteroatoms. The zero-order valence-electron chi connectivity index (χ0n) is 9.22. The second kappa shape index (κ2) is 4.33. The first kappa shape index (κ1) is 11.8. The fourth-order valence-corrected chi connectivity index (χ4v) is 1.78. The highest BCUT2D eigenvalue weighted by molar-refractivity contribution is 9.10. The van der Waals surface area contributed by atoms with Crippen molar-refractivity contribution in [2.45, 2.75) is 19.9 Å². The lowest BCUT2D eigenvalue weighted by Crippen LogP contribution is -2.06. The van der Waals surface area contributed by atoms with E-state index in [0.717, 1.165) is 0 Å². The molecule has 0 aliphatic carbocycles. The zero-order chi connectivity index (χ0) is 12.6. The Morgan fingerprint density at radius 1 is 1.53 bits per heavy atom. The molecule has 0 unspecified atom stereocenters. The second-order valence-electron chi connectivity index (χ2n) is 3.73. The van der Waals surface area contributed by atoms with Gasteiger partial charge in [0.2, 0.25) is 5.69 Å². The average molecular weight is 300 g/mol. The van der Waals surface area contributed by atoms with Gasteiger partial charge in [0, 0.05) is 6.04 Å². The summed E-state index contributed by atoms with van der Waals surface area (Å²) in [4.78, 5) is 11.1. The number of nitrogens with zero attached hydrogens (tertiary/aromatic N) is 3. The summed E-state index contributed by atoms with van der Waals surface area (Å²) in [5, 5.41) is 16.6. The third-order valence-corrected chi connectivity index (χ3v) is 2.62. The monoisotopic (exact) mass is 299 g/mol. The Balaban J connectivity index is 2.63. The molecule has 2 rings (SSSR count). The van der Waals surface area contributed by atoms with Gasteiger partial charge in [0.1, 0.15) is 5.69 Å². The van der Waals surface area contributed by atoms with Gasteiger partial charge >= 0.3 is 5.97 Å². The van der Waals surface area contributed by atoms with Crippen molar-refractivity contribution in [2.24, 2.45) is 0 Å². The van der Waals surface area contributed by atoms with E-state index in [-0.39, 0.29) is 11.7 Å². The van der Waals surface area contributed by atoms with Gasteiger partial charge in [-0.3, -0.25) is 0 Å². The molecule has 0 saturated heterocycles. The van der Waals surface area contributed by atoms with Crippen molar-refractivity contribution in [3.8, 4) is 11.5 Å². The van der Waals surface area contributed by atoms with Crippen LogP contribution in [0, 0.1) is 0 Å². The molecule has 17 heavy (non-hydrogen) atoms. The Labute approximate surface area is 105 Å². The summed E-state index contributed by atoms with van der Waals surface area (Å²) in [6, 6.07) is 3.36. The summed E-state index contributed by atoms with van der Waals surface area (Å²) >= 11 is 3.18. The van der Waals surface area contributed by atoms with Crippen LogP contribution in [0.3, 0.4) is 0 Å². The van der Waals surface area contributed by atoms with Gasteiger partial charge < -0.3 is 9.52 Å². The molecule has 0 aromatic carbocycles. The highest BCUT2D eigenvalue weighted by atomic mass is 79.9. The minimum Gasteiger partial charge on any atom is -0.476 e. The summed E-state index contributed by atoms with van der Waals surface area (Å²) in [5.74, 6) is -0.701. The molecule has 6 nitrogen and oxygen atoms in total. The van der Waals surface area contributed by atoms with Crippen LogP contribution in [-0.2, 0) is 0 Å². The van der Waals surface area contributed by atoms with Crippen molar-refractivity contribution >= 4 is 21.9 Å². The van der Waals surface area contributed by atoms with E-state index in [0.29, 0.717) is 16.1 Å². The highest BCUT2D eigenvalue weighted by Crippen LogP contribution is 2.28. The van der Waals surface area contributed by atoms with Crippen LogP contribution in [0.15, 0.2) is 21.2 Å². The minimum absolute atomic E-state index is 0.00512. The number of carboxylic acids is 1. The molecule has 0 atom stereocenters. The van der Waals surface area contributed by atoms with Gasteiger partial charge in [-0.05, 0) is 41.9 Å². The van der Waals surface area contributed by atoms with Crippen LogP contribution in [0.1, 0.15) is 30.4 Å². The topological polar surface area (TPSA) is 81.2 Å². The summed E-state index contributed by atoms with van der Waals surface area (Å²) in [5.41, 5.74) is 0.263. The first-order chi connectivity index (χ1) is 8.00. The lowest BCUT2D eigenvalue weighted by atomic mass is 10.2. The van der Waals surface area contributed by atoms with E-state index in [1.807, 2.05) is 13.8 Å². The highest BCUT2D eigenvalue weighted by Gasteiger charge is 2.24. The molecule has 1 N–H and O–H groups in total. The molecule has 0 bridgehead atoms. The third-order valence-electron chi connectivity index (χ3n) is 2.19. The third kappa shape index (κ3) is 2.10. The van der Waals surface area contributed by atoms with E-state index in [4.69, 9.17) is 9.52 Å². The Morgan fingerprint density at radius 2 is 2.24 bits per heavy atom. The summed E-state index contributed by atoms with van der Waals surface area (Å²) in [6.07, 6.45) is 0. The zero-order valence-corrected chi connectivity index (χ0v) is 10.8. The Hall–Kier alpha value is -1.63. The van der Waals surface area contributed by atoms with Crippen LogP contribution >= 0.6 is 15.9 Å². The molecule has 0 radical (unpaired) electrons. The molecular formula is C10H10BrN3O3. The number of hydrogen-bond donors (Lipinski definition) is 1. The molecule has 0 spiro atoms. The molecule has 0 fully saturated rings. The van der Waals surface area contributed by atoms with Gasteiger partial charge in [-0.1, -0.05) is 5.21 Å². The Morgan fingerprint density at radius 3 is 2.71 bits per heavy atom. The van der Waals surface area contributed by atoms with Crippen LogP contribution < -0.4 is 0 Å². The first-order valence-corrected chi connectivity index (χ1v) is 5.74. The van der Waals surface area contributed by atoms with E-state index < -0.39 is 5.97 Å². The minimum atomic E-state index is -1.13. The molecule has 0 saturated carbocycles. The fourth-order valence-electron chi connectivity index (χ4n) is 1.47. The second-order valence-corrected chi connectivity index (χ2v) is 4.52. The van der Waals surface area contributed by atoms with Crippen LogP contribution in [0.4, 0.5) is 0 Å². The maximum absolute atomic E-state index is 11.1. The first-order valence-electron chi connectivity index (χ1n) is 4.95. The van der Waals surface area contributed by atoms with Gasteiger partial charge in [-0.25, -0.2) is 9.48 Å². The van der Waals surface area contributed by atoms with Crippen molar-refractivity contribution < 1.29 is 14.3 Å². The molecule has 0 aliphatic rings. The largest absolute Gasteiger partial charge is 0.476 e. The van der Waals surface area contributed by atoms with Crippen molar-refractivity contribution in [1.29, 1.82) is 0 Å². The molecule has 0 aliphatic heterocycles. The summed E-state index contributed by atoms with van der Waals surface area (Å²) < 4.78 is 7.41. The molecular weight excluding hydrogens is 290 g/mol. The van der Waals surface area contributed by atoms with Crippen molar-refractivity contribution in [3.63, 3.8) is 0 Å². The molecule has 2 aromatic heterocycles. The van der Waals surface area contributed by atoms with Gasteiger partial charge in [0.15, 0.2) is 10.4 Å². The van der Waals surface area contributed by atoms with Gasteiger partial charge in [-0.15, -0.1) is 5.10 Å².